The standard InChI is InChI=1S/C6H6ClF2N3/c7-3-1-2(5(8)9)4(10)6(11)12-3/h1,5H,10H2,(H2,11,12). The van der Waals surface area contributed by atoms with Gasteiger partial charge in [0, 0.05) is 5.56 Å². The largest absolute Gasteiger partial charge is 0.395 e. The summed E-state index contributed by atoms with van der Waals surface area (Å²) in [5.74, 6) is -0.169. The molecule has 0 radical (unpaired) electrons. The van der Waals surface area contributed by atoms with Crippen molar-refractivity contribution in [2.45, 2.75) is 6.43 Å². The Labute approximate surface area is 72.3 Å². The molecule has 1 heterocycles. The number of nitrogens with two attached hydrogens (primary N) is 2. The summed E-state index contributed by atoms with van der Waals surface area (Å²) >= 11 is 5.39. The van der Waals surface area contributed by atoms with Gasteiger partial charge in [-0.2, -0.15) is 0 Å². The van der Waals surface area contributed by atoms with Gasteiger partial charge in [0.05, 0.1) is 5.69 Å². The Morgan fingerprint density at radius 2 is 2.00 bits per heavy atom. The van der Waals surface area contributed by atoms with Crippen molar-refractivity contribution in [2.75, 3.05) is 11.5 Å². The maximum atomic E-state index is 12.2. The lowest BCUT2D eigenvalue weighted by Crippen LogP contribution is -2.02. The summed E-state index contributed by atoms with van der Waals surface area (Å²) in [6, 6.07) is 0.998. The number of hydrogen-bond donors (Lipinski definition) is 2. The van der Waals surface area contributed by atoms with Crippen molar-refractivity contribution in [3.05, 3.63) is 16.8 Å². The quantitative estimate of drug-likeness (QED) is 0.669. The summed E-state index contributed by atoms with van der Waals surface area (Å²) in [6.45, 7) is 0. The van der Waals surface area contributed by atoms with Gasteiger partial charge in [0.2, 0.25) is 0 Å². The second-order valence-electron chi connectivity index (χ2n) is 2.13. The number of alkyl halides is 2. The number of nitrogens with zero attached hydrogens (tertiary/aromatic N) is 1. The molecule has 12 heavy (non-hydrogen) atoms. The Balaban J connectivity index is 3.28. The molecule has 0 fully saturated rings. The molecule has 0 aliphatic rings. The predicted molar refractivity (Wildman–Crippen MR) is 43.0 cm³/mol. The molecule has 0 bridgehead atoms. The van der Waals surface area contributed by atoms with Crippen LogP contribution in [0.25, 0.3) is 0 Å². The van der Waals surface area contributed by atoms with E-state index >= 15 is 0 Å². The number of anilines is 2. The van der Waals surface area contributed by atoms with Gasteiger partial charge in [-0.05, 0) is 6.07 Å². The molecule has 0 saturated heterocycles. The van der Waals surface area contributed by atoms with E-state index in [0.29, 0.717) is 0 Å². The van der Waals surface area contributed by atoms with Crippen molar-refractivity contribution in [3.63, 3.8) is 0 Å². The fraction of sp³-hybridized carbons (Fsp3) is 0.167. The fourth-order valence-electron chi connectivity index (χ4n) is 0.742. The van der Waals surface area contributed by atoms with Crippen LogP contribution in [-0.2, 0) is 0 Å². The monoisotopic (exact) mass is 193 g/mol. The van der Waals surface area contributed by atoms with Gasteiger partial charge in [-0.3, -0.25) is 0 Å². The number of hydrogen-bond acceptors (Lipinski definition) is 3. The lowest BCUT2D eigenvalue weighted by atomic mass is 10.2. The van der Waals surface area contributed by atoms with Crippen LogP contribution in [0.15, 0.2) is 6.07 Å². The minimum absolute atomic E-state index is 0.0861. The van der Waals surface area contributed by atoms with Gasteiger partial charge in [-0.15, -0.1) is 0 Å². The fourth-order valence-corrected chi connectivity index (χ4v) is 0.951. The number of halogens is 3. The van der Waals surface area contributed by atoms with E-state index in [1.54, 1.807) is 0 Å². The molecule has 0 aliphatic heterocycles. The maximum Gasteiger partial charge on any atom is 0.266 e. The van der Waals surface area contributed by atoms with E-state index in [4.69, 9.17) is 23.1 Å². The molecule has 0 aliphatic carbocycles. The van der Waals surface area contributed by atoms with Crippen LogP contribution in [0, 0.1) is 0 Å². The minimum Gasteiger partial charge on any atom is -0.395 e. The van der Waals surface area contributed by atoms with Crippen molar-refractivity contribution in [2.24, 2.45) is 0 Å². The van der Waals surface area contributed by atoms with E-state index in [9.17, 15) is 8.78 Å². The number of nitrogen functional groups attached to an aromatic ring is 2. The van der Waals surface area contributed by atoms with Crippen LogP contribution >= 0.6 is 11.6 Å². The summed E-state index contributed by atoms with van der Waals surface area (Å²) in [7, 11) is 0. The molecular formula is C6H6ClF2N3. The molecule has 0 saturated carbocycles. The molecule has 3 nitrogen and oxygen atoms in total. The average molecular weight is 194 g/mol. The van der Waals surface area contributed by atoms with Crippen LogP contribution in [0.4, 0.5) is 20.3 Å². The number of rotatable bonds is 1. The first-order valence-corrected chi connectivity index (χ1v) is 3.39. The van der Waals surface area contributed by atoms with Crippen LogP contribution in [0.2, 0.25) is 5.15 Å². The lowest BCUT2D eigenvalue weighted by Gasteiger charge is -2.06. The molecule has 4 N–H and O–H groups in total. The third-order valence-electron chi connectivity index (χ3n) is 1.32. The van der Waals surface area contributed by atoms with Crippen LogP contribution in [0.5, 0.6) is 0 Å². The Bertz CT molecular complexity index is 303. The zero-order chi connectivity index (χ0) is 9.30. The Hall–Kier alpha value is -1.10. The lowest BCUT2D eigenvalue weighted by molar-refractivity contribution is 0.152. The maximum absolute atomic E-state index is 12.2. The molecule has 0 spiro atoms. The summed E-state index contributed by atoms with van der Waals surface area (Å²) in [5.41, 5.74) is 9.84. The third kappa shape index (κ3) is 1.55. The first kappa shape index (κ1) is 8.99. The molecule has 6 heteroatoms. The van der Waals surface area contributed by atoms with E-state index in [0.717, 1.165) is 6.07 Å². The second-order valence-corrected chi connectivity index (χ2v) is 2.52. The number of pyridine rings is 1. The van der Waals surface area contributed by atoms with Crippen molar-refractivity contribution in [1.82, 2.24) is 4.98 Å². The summed E-state index contributed by atoms with van der Waals surface area (Å²) in [5, 5.41) is -0.0861. The Morgan fingerprint density at radius 3 is 2.50 bits per heavy atom. The van der Waals surface area contributed by atoms with Crippen LogP contribution < -0.4 is 11.5 Å². The molecule has 0 atom stereocenters. The van der Waals surface area contributed by atoms with Gasteiger partial charge in [0.15, 0.2) is 0 Å². The molecule has 0 amide bonds. The Kier molecular flexibility index (Phi) is 2.32. The Morgan fingerprint density at radius 1 is 1.42 bits per heavy atom. The highest BCUT2D eigenvalue weighted by Gasteiger charge is 2.14. The van der Waals surface area contributed by atoms with Gasteiger partial charge >= 0.3 is 0 Å². The van der Waals surface area contributed by atoms with E-state index in [2.05, 4.69) is 4.98 Å². The SMILES string of the molecule is Nc1nc(Cl)cc(C(F)F)c1N. The van der Waals surface area contributed by atoms with Gasteiger partial charge in [-0.25, -0.2) is 13.8 Å². The van der Waals surface area contributed by atoms with E-state index < -0.39 is 6.43 Å². The van der Waals surface area contributed by atoms with Crippen LogP contribution in [0.1, 0.15) is 12.0 Å². The van der Waals surface area contributed by atoms with Crippen LogP contribution in [-0.4, -0.2) is 4.98 Å². The average Bonchev–Trinajstić information content (AvgIpc) is 1.96. The second kappa shape index (κ2) is 3.10. The highest BCUT2D eigenvalue weighted by Crippen LogP contribution is 2.29. The third-order valence-corrected chi connectivity index (χ3v) is 1.52. The zero-order valence-corrected chi connectivity index (χ0v) is 6.65. The van der Waals surface area contributed by atoms with Crippen molar-refractivity contribution in [1.29, 1.82) is 0 Å². The van der Waals surface area contributed by atoms with E-state index in [1.807, 2.05) is 0 Å². The topological polar surface area (TPSA) is 64.9 Å². The highest BCUT2D eigenvalue weighted by atomic mass is 35.5. The summed E-state index contributed by atoms with van der Waals surface area (Å²) in [6.07, 6.45) is -2.69. The normalized spacial score (nSPS) is 10.7. The van der Waals surface area contributed by atoms with Crippen molar-refractivity contribution < 1.29 is 8.78 Å². The highest BCUT2D eigenvalue weighted by molar-refractivity contribution is 6.29. The van der Waals surface area contributed by atoms with Gasteiger partial charge in [0.1, 0.15) is 11.0 Å². The van der Waals surface area contributed by atoms with Crippen LogP contribution in [0.3, 0.4) is 0 Å². The van der Waals surface area contributed by atoms with Gasteiger partial charge in [0.25, 0.3) is 6.43 Å². The summed E-state index contributed by atoms with van der Waals surface area (Å²) in [4.78, 5) is 3.50. The molecule has 1 aromatic rings. The van der Waals surface area contributed by atoms with E-state index in [-0.39, 0.29) is 22.2 Å². The molecule has 0 aromatic carbocycles. The first-order chi connectivity index (χ1) is 5.52. The molecular weight excluding hydrogens is 188 g/mol. The molecule has 1 aromatic heterocycles. The summed E-state index contributed by atoms with van der Waals surface area (Å²) < 4.78 is 24.3. The molecule has 1 rings (SSSR count). The molecule has 66 valence electrons. The van der Waals surface area contributed by atoms with Crippen molar-refractivity contribution in [3.8, 4) is 0 Å². The van der Waals surface area contributed by atoms with Gasteiger partial charge in [-0.1, -0.05) is 11.6 Å². The minimum atomic E-state index is -2.69. The smallest absolute Gasteiger partial charge is 0.266 e. The number of aromatic nitrogens is 1. The zero-order valence-electron chi connectivity index (χ0n) is 5.89. The van der Waals surface area contributed by atoms with Gasteiger partial charge < -0.3 is 11.5 Å². The van der Waals surface area contributed by atoms with E-state index in [1.165, 1.54) is 0 Å². The molecule has 0 unspecified atom stereocenters. The predicted octanol–water partition coefficient (Wildman–Crippen LogP) is 1.84. The van der Waals surface area contributed by atoms with Crippen molar-refractivity contribution >= 4 is 23.1 Å². The first-order valence-electron chi connectivity index (χ1n) is 3.02.